The zero-order valence-corrected chi connectivity index (χ0v) is 19.3. The second-order valence-corrected chi connectivity index (χ2v) is 6.69. The molecule has 152 valence electrons. The summed E-state index contributed by atoms with van der Waals surface area (Å²) in [4.78, 5) is 8.81. The van der Waals surface area contributed by atoms with Gasteiger partial charge in [-0.05, 0) is 37.5 Å². The second-order valence-electron chi connectivity index (χ2n) is 6.69. The van der Waals surface area contributed by atoms with Gasteiger partial charge >= 0.3 is 0 Å². The van der Waals surface area contributed by atoms with Crippen LogP contribution in [0.25, 0.3) is 0 Å². The molecule has 0 unspecified atom stereocenters. The Kier molecular flexibility index (Phi) is 8.35. The molecule has 0 radical (unpaired) electrons. The fourth-order valence-electron chi connectivity index (χ4n) is 3.36. The number of rotatable bonds is 6. The Morgan fingerprint density at radius 2 is 2.11 bits per heavy atom. The molecule has 2 aromatic rings. The molecule has 1 aliphatic rings. The lowest BCUT2D eigenvalue weighted by atomic mass is 10.1. The Hall–Kier alpha value is -2.03. The first kappa shape index (κ1) is 22.3. The summed E-state index contributed by atoms with van der Waals surface area (Å²) in [5, 5.41) is 6.69. The van der Waals surface area contributed by atoms with Crippen molar-refractivity contribution in [2.75, 3.05) is 27.3 Å². The van der Waals surface area contributed by atoms with Crippen LogP contribution in [0.5, 0.6) is 11.5 Å². The second kappa shape index (κ2) is 10.5. The lowest BCUT2D eigenvalue weighted by Crippen LogP contribution is -2.38. The molecule has 6 nitrogen and oxygen atoms in total. The van der Waals surface area contributed by atoms with Gasteiger partial charge < -0.3 is 20.1 Å². The molecule has 3 rings (SSSR count). The summed E-state index contributed by atoms with van der Waals surface area (Å²) in [6.45, 7) is 6.23. The van der Waals surface area contributed by atoms with Gasteiger partial charge in [0.1, 0.15) is 11.5 Å². The van der Waals surface area contributed by atoms with Crippen LogP contribution in [0.1, 0.15) is 27.9 Å². The number of aliphatic imine (C=N–C) groups is 1. The number of pyridine rings is 1. The smallest absolute Gasteiger partial charge is 0.191 e. The number of ether oxygens (including phenoxy) is 2. The number of benzene rings is 1. The number of hydrogen-bond acceptors (Lipinski definition) is 4. The van der Waals surface area contributed by atoms with E-state index in [2.05, 4.69) is 38.8 Å². The van der Waals surface area contributed by atoms with E-state index in [1.807, 2.05) is 20.0 Å². The lowest BCUT2D eigenvalue weighted by Gasteiger charge is -2.15. The Balaban J connectivity index is 0.00000280. The van der Waals surface area contributed by atoms with E-state index in [0.717, 1.165) is 60.3 Å². The molecule has 0 bridgehead atoms. The molecular weight excluding hydrogens is 467 g/mol. The Bertz CT molecular complexity index is 839. The van der Waals surface area contributed by atoms with E-state index < -0.39 is 0 Å². The number of halogens is 1. The molecule has 0 aliphatic carbocycles. The fourth-order valence-corrected chi connectivity index (χ4v) is 3.36. The lowest BCUT2D eigenvalue weighted by molar-refractivity contribution is 0.357. The van der Waals surface area contributed by atoms with Crippen molar-refractivity contribution in [1.29, 1.82) is 0 Å². The molecule has 2 N–H and O–H groups in total. The molecule has 0 fully saturated rings. The molecule has 0 atom stereocenters. The highest BCUT2D eigenvalue weighted by atomic mass is 127. The van der Waals surface area contributed by atoms with E-state index >= 15 is 0 Å². The summed E-state index contributed by atoms with van der Waals surface area (Å²) < 4.78 is 11.0. The first-order valence-corrected chi connectivity index (χ1v) is 9.30. The number of nitrogens with one attached hydrogen (secondary N) is 2. The van der Waals surface area contributed by atoms with E-state index in [-0.39, 0.29) is 24.0 Å². The number of aryl methyl sites for hydroxylation is 1. The third kappa shape index (κ3) is 5.27. The minimum absolute atomic E-state index is 0. The first-order valence-electron chi connectivity index (χ1n) is 9.30. The van der Waals surface area contributed by atoms with Gasteiger partial charge in [0.2, 0.25) is 0 Å². The summed E-state index contributed by atoms with van der Waals surface area (Å²) in [6, 6.07) is 6.45. The molecule has 1 aliphatic heterocycles. The van der Waals surface area contributed by atoms with Crippen molar-refractivity contribution in [3.05, 3.63) is 52.3 Å². The van der Waals surface area contributed by atoms with Gasteiger partial charge in [0.05, 0.1) is 26.0 Å². The largest absolute Gasteiger partial charge is 0.496 e. The Labute approximate surface area is 184 Å². The first-order chi connectivity index (χ1) is 13.1. The maximum atomic E-state index is 5.56. The highest BCUT2D eigenvalue weighted by Crippen LogP contribution is 2.26. The van der Waals surface area contributed by atoms with Gasteiger partial charge in [-0.3, -0.25) is 9.98 Å². The number of hydrogen-bond donors (Lipinski definition) is 2. The summed E-state index contributed by atoms with van der Waals surface area (Å²) in [6.07, 6.45) is 3.78. The number of methoxy groups -OCH3 is 1. The standard InChI is InChI=1S/C21H28N4O2.HI/c1-14-12-24-18(15(2)20(14)26-4)13-25-21(22-3)23-9-7-16-5-6-19-17(11-16)8-10-27-19;/h5-6,11-12H,7-10,13H2,1-4H3,(H2,22,23,25);1H. The minimum atomic E-state index is 0. The van der Waals surface area contributed by atoms with Crippen molar-refractivity contribution in [2.45, 2.75) is 33.2 Å². The van der Waals surface area contributed by atoms with E-state index in [9.17, 15) is 0 Å². The highest BCUT2D eigenvalue weighted by molar-refractivity contribution is 14.0. The van der Waals surface area contributed by atoms with Crippen molar-refractivity contribution in [2.24, 2.45) is 4.99 Å². The zero-order chi connectivity index (χ0) is 19.2. The summed E-state index contributed by atoms with van der Waals surface area (Å²) in [5.74, 6) is 2.69. The van der Waals surface area contributed by atoms with Crippen LogP contribution in [0.4, 0.5) is 0 Å². The Morgan fingerprint density at radius 3 is 2.86 bits per heavy atom. The zero-order valence-electron chi connectivity index (χ0n) is 17.0. The Morgan fingerprint density at radius 1 is 1.29 bits per heavy atom. The van der Waals surface area contributed by atoms with Crippen LogP contribution in [-0.2, 0) is 19.4 Å². The van der Waals surface area contributed by atoms with Crippen molar-refractivity contribution >= 4 is 29.9 Å². The van der Waals surface area contributed by atoms with E-state index in [0.29, 0.717) is 6.54 Å². The van der Waals surface area contributed by atoms with Crippen LogP contribution in [0, 0.1) is 13.8 Å². The number of fused-ring (bicyclic) bond motifs is 1. The van der Waals surface area contributed by atoms with Crippen LogP contribution in [0.2, 0.25) is 0 Å². The predicted molar refractivity (Wildman–Crippen MR) is 123 cm³/mol. The molecular formula is C21H29IN4O2. The van der Waals surface area contributed by atoms with Crippen LogP contribution < -0.4 is 20.1 Å². The predicted octanol–water partition coefficient (Wildman–Crippen LogP) is 3.17. The normalized spacial score (nSPS) is 12.6. The van der Waals surface area contributed by atoms with Gasteiger partial charge in [0.25, 0.3) is 0 Å². The van der Waals surface area contributed by atoms with Gasteiger partial charge in [-0.2, -0.15) is 0 Å². The molecule has 1 aromatic carbocycles. The molecule has 7 heteroatoms. The van der Waals surface area contributed by atoms with Crippen molar-refractivity contribution in [1.82, 2.24) is 15.6 Å². The van der Waals surface area contributed by atoms with Gasteiger partial charge in [-0.15, -0.1) is 24.0 Å². The fraction of sp³-hybridized carbons (Fsp3) is 0.429. The van der Waals surface area contributed by atoms with Crippen LogP contribution in [-0.4, -0.2) is 38.3 Å². The quantitative estimate of drug-likeness (QED) is 0.366. The van der Waals surface area contributed by atoms with E-state index in [1.165, 1.54) is 11.1 Å². The molecule has 1 aromatic heterocycles. The molecule has 0 saturated heterocycles. The van der Waals surface area contributed by atoms with Crippen molar-refractivity contribution in [3.63, 3.8) is 0 Å². The van der Waals surface area contributed by atoms with Gasteiger partial charge in [0, 0.05) is 37.3 Å². The molecule has 2 heterocycles. The monoisotopic (exact) mass is 496 g/mol. The van der Waals surface area contributed by atoms with Crippen LogP contribution >= 0.6 is 24.0 Å². The van der Waals surface area contributed by atoms with Gasteiger partial charge in [-0.25, -0.2) is 0 Å². The van der Waals surface area contributed by atoms with E-state index in [1.54, 1.807) is 14.2 Å². The number of aromatic nitrogens is 1. The van der Waals surface area contributed by atoms with Gasteiger partial charge in [0.15, 0.2) is 5.96 Å². The third-order valence-corrected chi connectivity index (χ3v) is 4.86. The molecule has 28 heavy (non-hydrogen) atoms. The summed E-state index contributed by atoms with van der Waals surface area (Å²) in [5.41, 5.74) is 5.67. The SMILES string of the molecule is CN=C(NCCc1ccc2c(c1)CCO2)NCc1ncc(C)c(OC)c1C.I. The molecule has 0 amide bonds. The van der Waals surface area contributed by atoms with Crippen molar-refractivity contribution < 1.29 is 9.47 Å². The number of guanidine groups is 1. The third-order valence-electron chi connectivity index (χ3n) is 4.86. The molecule has 0 spiro atoms. The maximum Gasteiger partial charge on any atom is 0.191 e. The van der Waals surface area contributed by atoms with Gasteiger partial charge in [-0.1, -0.05) is 12.1 Å². The minimum Gasteiger partial charge on any atom is -0.496 e. The van der Waals surface area contributed by atoms with Crippen LogP contribution in [0.15, 0.2) is 29.4 Å². The summed E-state index contributed by atoms with van der Waals surface area (Å²) >= 11 is 0. The average molecular weight is 496 g/mol. The summed E-state index contributed by atoms with van der Waals surface area (Å²) in [7, 11) is 3.47. The highest BCUT2D eigenvalue weighted by Gasteiger charge is 2.12. The number of nitrogens with zero attached hydrogens (tertiary/aromatic N) is 2. The topological polar surface area (TPSA) is 67.8 Å². The maximum absolute atomic E-state index is 5.56. The van der Waals surface area contributed by atoms with E-state index in [4.69, 9.17) is 9.47 Å². The average Bonchev–Trinajstić information content (AvgIpc) is 3.14. The van der Waals surface area contributed by atoms with Crippen LogP contribution in [0.3, 0.4) is 0 Å². The van der Waals surface area contributed by atoms with Crippen molar-refractivity contribution in [3.8, 4) is 11.5 Å². The molecule has 0 saturated carbocycles.